The summed E-state index contributed by atoms with van der Waals surface area (Å²) in [5.74, 6) is 2.36. The van der Waals surface area contributed by atoms with Crippen LogP contribution in [0.25, 0.3) is 0 Å². The normalized spacial score (nSPS) is 25.0. The van der Waals surface area contributed by atoms with Gasteiger partial charge in [-0.3, -0.25) is 9.67 Å². The van der Waals surface area contributed by atoms with Gasteiger partial charge in [-0.1, -0.05) is 30.3 Å². The highest BCUT2D eigenvalue weighted by molar-refractivity contribution is 14.0. The van der Waals surface area contributed by atoms with E-state index in [0.29, 0.717) is 18.4 Å². The maximum Gasteiger partial charge on any atom is 0.193 e. The molecule has 1 saturated heterocycles. The number of ether oxygens (including phenoxy) is 1. The Balaban J connectivity index is 0.00000210. The minimum absolute atomic E-state index is 0. The molecule has 1 aliphatic heterocycles. The minimum atomic E-state index is 0. The molecule has 0 radical (unpaired) electrons. The number of benzene rings is 1. The van der Waals surface area contributed by atoms with E-state index in [4.69, 9.17) is 4.74 Å². The molecular weight excluding hydrogens is 453 g/mol. The third-order valence-corrected chi connectivity index (χ3v) is 5.35. The van der Waals surface area contributed by atoms with E-state index in [9.17, 15) is 0 Å². The number of nitrogens with zero attached hydrogens (tertiary/aromatic N) is 4. The van der Waals surface area contributed by atoms with Crippen LogP contribution in [0, 0.1) is 5.92 Å². The first-order valence-corrected chi connectivity index (χ1v) is 9.35. The Labute approximate surface area is 178 Å². The van der Waals surface area contributed by atoms with Gasteiger partial charge in [0.05, 0.1) is 19.3 Å². The van der Waals surface area contributed by atoms with Gasteiger partial charge in [0.2, 0.25) is 0 Å². The summed E-state index contributed by atoms with van der Waals surface area (Å²) in [5, 5.41) is 7.84. The van der Waals surface area contributed by atoms with Crippen LogP contribution >= 0.6 is 24.0 Å². The number of guanidine groups is 1. The van der Waals surface area contributed by atoms with Crippen LogP contribution in [-0.2, 0) is 11.8 Å². The van der Waals surface area contributed by atoms with Gasteiger partial charge in [-0.25, -0.2) is 0 Å². The number of hydrogen-bond acceptors (Lipinski definition) is 3. The van der Waals surface area contributed by atoms with Crippen LogP contribution in [0.2, 0.25) is 0 Å². The zero-order valence-corrected chi connectivity index (χ0v) is 18.2. The van der Waals surface area contributed by atoms with E-state index in [-0.39, 0.29) is 30.1 Å². The van der Waals surface area contributed by atoms with Gasteiger partial charge in [-0.15, -0.1) is 24.0 Å². The van der Waals surface area contributed by atoms with E-state index in [2.05, 4.69) is 50.6 Å². The third kappa shape index (κ3) is 4.82. The Morgan fingerprint density at radius 3 is 2.81 bits per heavy atom. The number of aryl methyl sites for hydroxylation is 1. The van der Waals surface area contributed by atoms with E-state index in [1.54, 1.807) is 0 Å². The average Bonchev–Trinajstić information content (AvgIpc) is 3.34. The maximum absolute atomic E-state index is 5.94. The highest BCUT2D eigenvalue weighted by atomic mass is 127. The molecule has 4 rings (SSSR count). The Morgan fingerprint density at radius 2 is 2.11 bits per heavy atom. The van der Waals surface area contributed by atoms with E-state index in [1.807, 2.05) is 31.2 Å². The summed E-state index contributed by atoms with van der Waals surface area (Å²) in [6.07, 6.45) is 5.22. The summed E-state index contributed by atoms with van der Waals surface area (Å²) in [5.41, 5.74) is 2.58. The second-order valence-corrected chi connectivity index (χ2v) is 7.19. The zero-order chi connectivity index (χ0) is 17.9. The first kappa shape index (κ1) is 20.1. The summed E-state index contributed by atoms with van der Waals surface area (Å²) in [7, 11) is 3.79. The van der Waals surface area contributed by atoms with Crippen molar-refractivity contribution in [2.45, 2.75) is 18.4 Å². The number of rotatable bonds is 4. The molecule has 146 valence electrons. The average molecular weight is 481 g/mol. The van der Waals surface area contributed by atoms with Crippen molar-refractivity contribution in [3.05, 3.63) is 53.9 Å². The minimum Gasteiger partial charge on any atom is -0.370 e. The number of hydrogen-bond donors (Lipinski definition) is 1. The van der Waals surface area contributed by atoms with Crippen molar-refractivity contribution in [3.8, 4) is 0 Å². The molecule has 2 heterocycles. The largest absolute Gasteiger partial charge is 0.370 e. The van der Waals surface area contributed by atoms with Gasteiger partial charge in [0.25, 0.3) is 0 Å². The van der Waals surface area contributed by atoms with Gasteiger partial charge < -0.3 is 15.0 Å². The lowest BCUT2D eigenvalue weighted by Gasteiger charge is -2.34. The number of aliphatic imine (C=N–C) groups is 1. The molecule has 2 aromatic rings. The lowest BCUT2D eigenvalue weighted by Crippen LogP contribution is -2.48. The van der Waals surface area contributed by atoms with Crippen molar-refractivity contribution < 1.29 is 4.74 Å². The second-order valence-electron chi connectivity index (χ2n) is 7.19. The van der Waals surface area contributed by atoms with Crippen molar-refractivity contribution in [2.24, 2.45) is 18.0 Å². The second kappa shape index (κ2) is 9.05. The molecule has 3 atom stereocenters. The third-order valence-electron chi connectivity index (χ3n) is 5.35. The molecule has 7 heteroatoms. The van der Waals surface area contributed by atoms with E-state index >= 15 is 0 Å². The van der Waals surface area contributed by atoms with Crippen LogP contribution in [-0.4, -0.2) is 53.9 Å². The van der Waals surface area contributed by atoms with E-state index < -0.39 is 0 Å². The predicted octanol–water partition coefficient (Wildman–Crippen LogP) is 2.79. The first-order chi connectivity index (χ1) is 12.7. The fourth-order valence-electron chi connectivity index (χ4n) is 3.79. The number of halogens is 1. The fraction of sp³-hybridized carbons (Fsp3) is 0.500. The molecule has 2 fully saturated rings. The molecule has 0 bridgehead atoms. The molecule has 1 saturated carbocycles. The van der Waals surface area contributed by atoms with Crippen LogP contribution in [0.4, 0.5) is 0 Å². The molecule has 6 nitrogen and oxygen atoms in total. The topological polar surface area (TPSA) is 54.7 Å². The fourth-order valence-corrected chi connectivity index (χ4v) is 3.79. The van der Waals surface area contributed by atoms with Gasteiger partial charge in [-0.05, 0) is 23.8 Å². The number of nitrogens with one attached hydrogen (secondary N) is 1. The van der Waals surface area contributed by atoms with Crippen LogP contribution < -0.4 is 5.32 Å². The molecule has 2 aliphatic rings. The van der Waals surface area contributed by atoms with Gasteiger partial charge in [0.1, 0.15) is 6.10 Å². The van der Waals surface area contributed by atoms with E-state index in [1.165, 1.54) is 12.0 Å². The van der Waals surface area contributed by atoms with Crippen molar-refractivity contribution in [1.82, 2.24) is 20.0 Å². The first-order valence-electron chi connectivity index (χ1n) is 9.35. The van der Waals surface area contributed by atoms with Crippen molar-refractivity contribution >= 4 is 29.9 Å². The van der Waals surface area contributed by atoms with Crippen molar-refractivity contribution in [3.63, 3.8) is 0 Å². The highest BCUT2D eigenvalue weighted by Crippen LogP contribution is 2.46. The Kier molecular flexibility index (Phi) is 6.75. The Bertz CT molecular complexity index is 763. The Morgan fingerprint density at radius 1 is 1.30 bits per heavy atom. The standard InChI is InChI=1S/C20H27N5O.HI/c1-21-20(22-11-16-10-18(16)15-6-4-3-5-7-15)25-8-9-26-19(14-25)17-12-23-24(2)13-17;/h3-7,12-13,16,18-19H,8-11,14H2,1-2H3,(H,21,22);1H. The molecule has 0 spiro atoms. The van der Waals surface area contributed by atoms with Crippen LogP contribution in [0.15, 0.2) is 47.7 Å². The summed E-state index contributed by atoms with van der Waals surface area (Å²) >= 11 is 0. The molecule has 27 heavy (non-hydrogen) atoms. The summed E-state index contributed by atoms with van der Waals surface area (Å²) in [6, 6.07) is 10.8. The highest BCUT2D eigenvalue weighted by Gasteiger charge is 2.38. The molecule has 1 aromatic carbocycles. The molecule has 1 aliphatic carbocycles. The molecular formula is C20H28IN5O. The quantitative estimate of drug-likeness (QED) is 0.415. The van der Waals surface area contributed by atoms with Crippen molar-refractivity contribution in [2.75, 3.05) is 33.3 Å². The lowest BCUT2D eigenvalue weighted by atomic mass is 10.1. The SMILES string of the molecule is CN=C(NCC1CC1c1ccccc1)N1CCOC(c2cnn(C)c2)C1.I. The molecule has 1 N–H and O–H groups in total. The lowest BCUT2D eigenvalue weighted by molar-refractivity contribution is -0.00803. The van der Waals surface area contributed by atoms with E-state index in [0.717, 1.165) is 31.2 Å². The molecule has 1 aromatic heterocycles. The van der Waals surface area contributed by atoms with Gasteiger partial charge in [-0.2, -0.15) is 5.10 Å². The van der Waals surface area contributed by atoms with Gasteiger partial charge >= 0.3 is 0 Å². The van der Waals surface area contributed by atoms with Crippen molar-refractivity contribution in [1.29, 1.82) is 0 Å². The summed E-state index contributed by atoms with van der Waals surface area (Å²) in [6.45, 7) is 3.35. The maximum atomic E-state index is 5.94. The Hall–Kier alpha value is -1.61. The summed E-state index contributed by atoms with van der Waals surface area (Å²) in [4.78, 5) is 6.79. The number of aromatic nitrogens is 2. The van der Waals surface area contributed by atoms with Crippen LogP contribution in [0.3, 0.4) is 0 Å². The molecule has 3 unspecified atom stereocenters. The number of morpholine rings is 1. The smallest absolute Gasteiger partial charge is 0.193 e. The van der Waals surface area contributed by atoms with Crippen LogP contribution in [0.1, 0.15) is 29.6 Å². The monoisotopic (exact) mass is 481 g/mol. The molecule has 0 amide bonds. The van der Waals surface area contributed by atoms with Crippen LogP contribution in [0.5, 0.6) is 0 Å². The van der Waals surface area contributed by atoms with Gasteiger partial charge in [0.15, 0.2) is 5.96 Å². The summed E-state index contributed by atoms with van der Waals surface area (Å²) < 4.78 is 7.76. The van der Waals surface area contributed by atoms with Gasteiger partial charge in [0, 0.05) is 38.9 Å². The predicted molar refractivity (Wildman–Crippen MR) is 118 cm³/mol. The zero-order valence-electron chi connectivity index (χ0n) is 15.9.